The van der Waals surface area contributed by atoms with Crippen LogP contribution < -0.4 is 16.0 Å². The lowest BCUT2D eigenvalue weighted by Gasteiger charge is -2.37. The van der Waals surface area contributed by atoms with E-state index in [2.05, 4.69) is 62.3 Å². The molecule has 0 spiro atoms. The Morgan fingerprint density at radius 1 is 0.481 bits per heavy atom. The van der Waals surface area contributed by atoms with E-state index in [1.165, 1.54) is 14.2 Å². The highest BCUT2D eigenvalue weighted by Gasteiger charge is 2.54. The minimum atomic E-state index is -0.750. The summed E-state index contributed by atoms with van der Waals surface area (Å²) in [6, 6.07) is 49.4. The predicted octanol–water partition coefficient (Wildman–Crippen LogP) is 14.0. The molecular weight excluding hydrogens is 1340 g/mol. The minimum absolute atomic E-state index is 0.0218. The molecule has 6 heterocycles. The van der Waals surface area contributed by atoms with Crippen molar-refractivity contribution >= 4 is 53.2 Å². The van der Waals surface area contributed by atoms with Gasteiger partial charge in [0.2, 0.25) is 29.5 Å². The Kier molecular flexibility index (Phi) is 22.5. The second-order valence-electron chi connectivity index (χ2n) is 30.1. The maximum atomic E-state index is 13.9. The van der Waals surface area contributed by atoms with Crippen LogP contribution in [-0.4, -0.2) is 151 Å². The number of carbonyl (C=O) groups excluding carboxylic acids is 8. The fraction of sp³-hybridized carbons (Fsp3) is 0.412. The van der Waals surface area contributed by atoms with Crippen molar-refractivity contribution in [3.05, 3.63) is 198 Å². The molecule has 2 aliphatic carbocycles. The summed E-state index contributed by atoms with van der Waals surface area (Å²) in [4.78, 5) is 130. The number of anilines is 1. The largest absolute Gasteiger partial charge is 0.453 e. The summed E-state index contributed by atoms with van der Waals surface area (Å²) in [6.07, 6.45) is 11.5. The highest BCUT2D eigenvalue weighted by Crippen LogP contribution is 2.51. The smallest absolute Gasteiger partial charge is 0.407 e. The van der Waals surface area contributed by atoms with Crippen molar-refractivity contribution in [1.29, 1.82) is 0 Å². The standard InChI is InChI=1S/C43H49N5O5.C42H48N6O5/c1-26(2)38(46-43(52)53-4)42(51)48-34-21-20-33(24-34)39(48)37(49)23-28-12-14-30(15-13-28)31-16-18-32(19-17-31)35-25-44-40(45-35)36-11-8-22-47(36)41(50)27(3)29-9-6-5-7-10-29;1-25(2)36(46-42(52)53-4)41(51)48-33-21-18-31(23-33)37(48)38-43-24-34(45-38)30-14-12-28(13-15-30)29-16-19-32(20-17-29)44-39(49)35-11-8-22-47(35)40(50)26(3)27-9-6-5-7-10-27/h5-7,9-10,12-19,25-27,33-34,36,38-39H,8,11,20-24H2,1-4H3,(H,44,45)(H,46,52);5-7,9-10,12-17,19-20,24-26,31,33,35-37H,8,11,18,21-23H2,1-4H3,(H,43,45)(H,44,49)(H,46,52)/t27-,33+,34-,36+,38+,39?;26-,31+,33-,35+,36+,37+/m11/s1. The van der Waals surface area contributed by atoms with Crippen LogP contribution in [0.1, 0.15) is 158 Å². The highest BCUT2D eigenvalue weighted by atomic mass is 16.5. The Balaban J connectivity index is 0.000000188. The van der Waals surface area contributed by atoms with Crippen LogP contribution in [0.5, 0.6) is 0 Å². The van der Waals surface area contributed by atoms with Gasteiger partial charge in [0, 0.05) is 37.3 Å². The number of H-pyrrole nitrogens is 2. The van der Waals surface area contributed by atoms with Gasteiger partial charge in [-0.1, -0.05) is 173 Å². The van der Waals surface area contributed by atoms with Crippen molar-refractivity contribution in [3.63, 3.8) is 0 Å². The number of methoxy groups -OCH3 is 2. The minimum Gasteiger partial charge on any atom is -0.453 e. The molecule has 21 heteroatoms. The molecule has 2 saturated carbocycles. The van der Waals surface area contributed by atoms with Crippen LogP contribution in [0.2, 0.25) is 0 Å². The van der Waals surface area contributed by atoms with E-state index in [-0.39, 0.29) is 95.5 Å². The van der Waals surface area contributed by atoms with Crippen LogP contribution in [0.25, 0.3) is 44.8 Å². The van der Waals surface area contributed by atoms with Crippen LogP contribution in [0.3, 0.4) is 0 Å². The van der Waals surface area contributed by atoms with Gasteiger partial charge in [-0.05, 0) is 164 Å². The molecule has 21 nitrogen and oxygen atoms in total. The van der Waals surface area contributed by atoms with Gasteiger partial charge in [-0.25, -0.2) is 19.6 Å². The van der Waals surface area contributed by atoms with Gasteiger partial charge in [-0.2, -0.15) is 0 Å². The number of nitrogens with zero attached hydrogens (tertiary/aromatic N) is 6. The third-order valence-electron chi connectivity index (χ3n) is 22.8. The number of fused-ring (bicyclic) bond motifs is 4. The fourth-order valence-electron chi connectivity index (χ4n) is 17.0. The normalized spacial score (nSPS) is 21.8. The molecule has 1 unspecified atom stereocenters. The number of rotatable bonds is 21. The molecule has 4 saturated heterocycles. The molecule has 4 bridgehead atoms. The summed E-state index contributed by atoms with van der Waals surface area (Å²) in [5.41, 5.74) is 11.4. The number of carbonyl (C=O) groups is 8. The third-order valence-corrected chi connectivity index (χ3v) is 22.8. The number of nitrogens with one attached hydrogen (secondary N) is 5. The number of hydrogen-bond donors (Lipinski definition) is 5. The molecule has 6 aromatic carbocycles. The van der Waals surface area contributed by atoms with Crippen LogP contribution in [0, 0.1) is 23.7 Å². The number of likely N-dealkylation sites (tertiary alicyclic amines) is 4. The molecule has 6 fully saturated rings. The Labute approximate surface area is 620 Å². The first-order valence-electron chi connectivity index (χ1n) is 37.6. The first-order valence-corrected chi connectivity index (χ1v) is 37.6. The predicted molar refractivity (Wildman–Crippen MR) is 405 cm³/mol. The second kappa shape index (κ2) is 32.3. The highest BCUT2D eigenvalue weighted by molar-refractivity contribution is 5.99. The number of piperidine rings is 2. The van der Waals surface area contributed by atoms with Gasteiger partial charge < -0.3 is 55.0 Å². The van der Waals surface area contributed by atoms with E-state index in [0.29, 0.717) is 24.6 Å². The lowest BCUT2D eigenvalue weighted by molar-refractivity contribution is -0.144. The molecule has 6 aliphatic rings. The zero-order valence-corrected chi connectivity index (χ0v) is 61.7. The fourth-order valence-corrected chi connectivity index (χ4v) is 17.0. The van der Waals surface area contributed by atoms with Gasteiger partial charge in [0.1, 0.15) is 29.8 Å². The topological polar surface area (TPSA) is 261 Å². The first kappa shape index (κ1) is 73.6. The molecule has 12 atom stereocenters. The summed E-state index contributed by atoms with van der Waals surface area (Å²) in [6.45, 7) is 12.8. The maximum Gasteiger partial charge on any atom is 0.407 e. The van der Waals surface area contributed by atoms with Gasteiger partial charge in [0.25, 0.3) is 0 Å². The van der Waals surface area contributed by atoms with Crippen LogP contribution in [0.4, 0.5) is 15.3 Å². The van der Waals surface area contributed by atoms with Gasteiger partial charge in [0.05, 0.1) is 68.0 Å². The summed E-state index contributed by atoms with van der Waals surface area (Å²) < 4.78 is 9.57. The van der Waals surface area contributed by atoms with Crippen molar-refractivity contribution in [2.75, 3.05) is 32.6 Å². The summed E-state index contributed by atoms with van der Waals surface area (Å²) >= 11 is 0. The number of benzene rings is 6. The molecule has 14 rings (SSSR count). The number of alkyl carbamates (subject to hydrolysis) is 2. The Morgan fingerprint density at radius 3 is 1.46 bits per heavy atom. The maximum absolute atomic E-state index is 13.9. The number of hydrogen-bond acceptors (Lipinski definition) is 12. The van der Waals surface area contributed by atoms with E-state index in [4.69, 9.17) is 19.4 Å². The van der Waals surface area contributed by atoms with Crippen molar-refractivity contribution in [2.45, 2.75) is 172 Å². The molecule has 8 aromatic rings. The van der Waals surface area contributed by atoms with Crippen LogP contribution in [-0.2, 0) is 44.7 Å². The Morgan fingerprint density at radius 2 is 0.925 bits per heavy atom. The number of amides is 7. The van der Waals surface area contributed by atoms with Crippen LogP contribution >= 0.6 is 0 Å². The first-order chi connectivity index (χ1) is 51.2. The number of aromatic amines is 2. The number of aromatic nitrogens is 4. The SMILES string of the molecule is COC(=O)N[C@H](C(=O)N1C(C(=O)Cc2ccc(-c3ccc(-c4cnc([C@@H]5CCCN5C(=O)[C@H](C)c5ccccc5)[nH]4)cc3)cc2)[C@H]2CC[C@@H]1C2)C(C)C.COC(=O)N[C@H](C(=O)N1[C@@H]2CC[C@@H](C2)[C@H]1c1ncc(-c2ccc(-c3ccc(NC(=O)[C@@H]4CCCN4C(=O)[C@H](C)c4ccccc4)cc3)cc2)[nH]1)C(C)C. The molecule has 0 radical (unpaired) electrons. The summed E-state index contributed by atoms with van der Waals surface area (Å²) in [5.74, 6) is 0.948. The molecule has 5 N–H and O–H groups in total. The molecule has 106 heavy (non-hydrogen) atoms. The zero-order valence-electron chi connectivity index (χ0n) is 61.7. The van der Waals surface area contributed by atoms with Gasteiger partial charge in [-0.15, -0.1) is 0 Å². The average Bonchev–Trinajstić information content (AvgIpc) is 1.60. The lowest BCUT2D eigenvalue weighted by atomic mass is 9.90. The van der Waals surface area contributed by atoms with E-state index >= 15 is 0 Å². The molecule has 4 aliphatic heterocycles. The van der Waals surface area contributed by atoms with Crippen molar-refractivity contribution < 1.29 is 47.8 Å². The van der Waals surface area contributed by atoms with Crippen molar-refractivity contribution in [3.8, 4) is 44.8 Å². The van der Waals surface area contributed by atoms with E-state index in [1.807, 2.05) is 185 Å². The molecule has 2 aromatic heterocycles. The van der Waals surface area contributed by atoms with Gasteiger partial charge in [0.15, 0.2) is 5.78 Å². The van der Waals surface area contributed by atoms with Crippen LogP contribution in [0.15, 0.2) is 170 Å². The monoisotopic (exact) mass is 1430 g/mol. The quantitative estimate of drug-likeness (QED) is 0.0450. The molecular formula is C85H97N11O10. The second-order valence-corrected chi connectivity index (χ2v) is 30.1. The number of imidazole rings is 2. The Hall–Kier alpha value is -10.7. The van der Waals surface area contributed by atoms with Gasteiger partial charge >= 0.3 is 12.2 Å². The molecule has 7 amide bonds. The third kappa shape index (κ3) is 15.7. The Bertz CT molecular complexity index is 4450. The van der Waals surface area contributed by atoms with E-state index in [9.17, 15) is 38.4 Å². The number of Topliss-reactive ketones (excluding diaryl/α,β-unsaturated/α-hetero) is 1. The van der Waals surface area contributed by atoms with E-state index in [0.717, 1.165) is 137 Å². The van der Waals surface area contributed by atoms with Gasteiger partial charge in [-0.3, -0.25) is 28.8 Å². The molecule has 552 valence electrons. The van der Waals surface area contributed by atoms with Crippen molar-refractivity contribution in [1.82, 2.24) is 50.2 Å². The number of ether oxygens (including phenoxy) is 2. The zero-order chi connectivity index (χ0) is 74.4. The number of ketones is 1. The average molecular weight is 1430 g/mol. The summed E-state index contributed by atoms with van der Waals surface area (Å²) in [7, 11) is 2.58. The van der Waals surface area contributed by atoms with E-state index < -0.39 is 36.4 Å². The van der Waals surface area contributed by atoms with E-state index in [1.54, 1.807) is 9.80 Å². The van der Waals surface area contributed by atoms with Crippen molar-refractivity contribution in [2.24, 2.45) is 23.7 Å². The lowest BCUT2D eigenvalue weighted by Crippen LogP contribution is -2.57. The summed E-state index contributed by atoms with van der Waals surface area (Å²) in [5, 5.41) is 8.47.